The van der Waals surface area contributed by atoms with Gasteiger partial charge in [0.15, 0.2) is 0 Å². The fourth-order valence-corrected chi connectivity index (χ4v) is 4.01. The van der Waals surface area contributed by atoms with Crippen LogP contribution >= 0.6 is 0 Å². The third kappa shape index (κ3) is 4.35. The first-order valence-corrected chi connectivity index (χ1v) is 8.27. The van der Waals surface area contributed by atoms with Gasteiger partial charge in [0.05, 0.1) is 5.92 Å². The van der Waals surface area contributed by atoms with E-state index in [2.05, 4.69) is 31.0 Å². The summed E-state index contributed by atoms with van der Waals surface area (Å²) in [5.41, 5.74) is 0.238. The minimum atomic E-state index is -4.05. The molecule has 3 unspecified atom stereocenters. The van der Waals surface area contributed by atoms with Crippen LogP contribution in [0.5, 0.6) is 0 Å². The molecular weight excluding hydrogens is 277 g/mol. The highest BCUT2D eigenvalue weighted by Gasteiger charge is 2.45. The van der Waals surface area contributed by atoms with Gasteiger partial charge in [0.2, 0.25) is 0 Å². The summed E-state index contributed by atoms with van der Waals surface area (Å²) in [6.07, 6.45) is 0.129. The molecule has 2 nitrogen and oxygen atoms in total. The van der Waals surface area contributed by atoms with E-state index in [0.29, 0.717) is 18.9 Å². The smallest absolute Gasteiger partial charge is 0.313 e. The largest absolute Gasteiger partial charge is 0.393 e. The van der Waals surface area contributed by atoms with Crippen molar-refractivity contribution in [2.45, 2.75) is 71.1 Å². The van der Waals surface area contributed by atoms with Gasteiger partial charge in [-0.3, -0.25) is 4.90 Å². The van der Waals surface area contributed by atoms with Crippen molar-refractivity contribution in [3.8, 4) is 0 Å². The predicted molar refractivity (Wildman–Crippen MR) is 79.2 cm³/mol. The van der Waals surface area contributed by atoms with Crippen LogP contribution in [0.1, 0.15) is 52.9 Å². The van der Waals surface area contributed by atoms with E-state index in [1.54, 1.807) is 0 Å². The number of hydrogen-bond donors (Lipinski definition) is 1. The maximum absolute atomic E-state index is 13.0. The predicted octanol–water partition coefficient (Wildman–Crippen LogP) is 3.82. The van der Waals surface area contributed by atoms with E-state index in [4.69, 9.17) is 0 Å². The van der Waals surface area contributed by atoms with Gasteiger partial charge in [0, 0.05) is 18.6 Å². The Kier molecular flexibility index (Phi) is 5.24. The molecule has 0 amide bonds. The molecule has 0 spiro atoms. The molecule has 2 aliphatic rings. The van der Waals surface area contributed by atoms with E-state index in [0.717, 1.165) is 32.4 Å². The van der Waals surface area contributed by atoms with Gasteiger partial charge >= 0.3 is 6.18 Å². The second-order valence-electron chi connectivity index (χ2n) is 7.51. The molecule has 3 atom stereocenters. The van der Waals surface area contributed by atoms with Crippen molar-refractivity contribution >= 4 is 0 Å². The average molecular weight is 306 g/mol. The Balaban J connectivity index is 2.08. The molecule has 1 saturated carbocycles. The van der Waals surface area contributed by atoms with Gasteiger partial charge in [0.1, 0.15) is 0 Å². The molecule has 1 N–H and O–H groups in total. The molecular formula is C16H29F3N2. The molecule has 0 aromatic rings. The number of halogens is 3. The molecule has 0 aromatic heterocycles. The second kappa shape index (κ2) is 6.45. The SMILES string of the molecule is CCNC1CCC(C)(C)CC1N1CCCC(C(F)(F)F)C1. The van der Waals surface area contributed by atoms with Crippen molar-refractivity contribution in [1.29, 1.82) is 0 Å². The summed E-state index contributed by atoms with van der Waals surface area (Å²) in [5, 5.41) is 3.50. The van der Waals surface area contributed by atoms with Crippen LogP contribution in [0.25, 0.3) is 0 Å². The molecule has 2 fully saturated rings. The first kappa shape index (κ1) is 17.1. The third-order valence-corrected chi connectivity index (χ3v) is 5.21. The van der Waals surface area contributed by atoms with Gasteiger partial charge in [-0.2, -0.15) is 13.2 Å². The van der Waals surface area contributed by atoms with Gasteiger partial charge in [-0.05, 0) is 50.6 Å². The zero-order valence-electron chi connectivity index (χ0n) is 13.5. The number of hydrogen-bond acceptors (Lipinski definition) is 2. The molecule has 1 aliphatic heterocycles. The number of likely N-dealkylation sites (tertiary alicyclic amines) is 1. The van der Waals surface area contributed by atoms with Gasteiger partial charge in [-0.1, -0.05) is 20.8 Å². The Hall–Kier alpha value is -0.290. The minimum absolute atomic E-state index is 0.187. The lowest BCUT2D eigenvalue weighted by Crippen LogP contribution is -2.57. The molecule has 21 heavy (non-hydrogen) atoms. The first-order valence-electron chi connectivity index (χ1n) is 8.27. The summed E-state index contributed by atoms with van der Waals surface area (Å²) >= 11 is 0. The zero-order chi connectivity index (χ0) is 15.7. The molecule has 1 saturated heterocycles. The highest BCUT2D eigenvalue weighted by Crippen LogP contribution is 2.40. The fraction of sp³-hybridized carbons (Fsp3) is 1.00. The van der Waals surface area contributed by atoms with Crippen LogP contribution in [-0.2, 0) is 0 Å². The van der Waals surface area contributed by atoms with Gasteiger partial charge in [-0.25, -0.2) is 0 Å². The molecule has 124 valence electrons. The molecule has 1 aliphatic carbocycles. The molecule has 0 aromatic carbocycles. The highest BCUT2D eigenvalue weighted by atomic mass is 19.4. The second-order valence-corrected chi connectivity index (χ2v) is 7.51. The average Bonchev–Trinajstić information content (AvgIpc) is 2.40. The first-order chi connectivity index (χ1) is 9.73. The number of piperidine rings is 1. The summed E-state index contributed by atoms with van der Waals surface area (Å²) in [4.78, 5) is 2.12. The Morgan fingerprint density at radius 1 is 1.24 bits per heavy atom. The summed E-state index contributed by atoms with van der Waals surface area (Å²) in [6, 6.07) is 0.592. The Morgan fingerprint density at radius 2 is 1.95 bits per heavy atom. The van der Waals surface area contributed by atoms with Crippen molar-refractivity contribution in [1.82, 2.24) is 10.2 Å². The minimum Gasteiger partial charge on any atom is -0.313 e. The van der Waals surface area contributed by atoms with Crippen LogP contribution in [0.4, 0.5) is 13.2 Å². The van der Waals surface area contributed by atoms with Crippen molar-refractivity contribution in [2.75, 3.05) is 19.6 Å². The standard InChI is InChI=1S/C16H29F3N2/c1-4-20-13-7-8-15(2,3)10-14(13)21-9-5-6-12(11-21)16(17,18)19/h12-14,20H,4-11H2,1-3H3. The number of alkyl halides is 3. The van der Waals surface area contributed by atoms with E-state index in [1.165, 1.54) is 0 Å². The number of rotatable bonds is 3. The zero-order valence-corrected chi connectivity index (χ0v) is 13.5. The molecule has 2 rings (SSSR count). The van der Waals surface area contributed by atoms with Crippen LogP contribution < -0.4 is 5.32 Å². The van der Waals surface area contributed by atoms with E-state index in [9.17, 15) is 13.2 Å². The Bertz CT molecular complexity index is 341. The molecule has 0 bridgehead atoms. The van der Waals surface area contributed by atoms with Crippen molar-refractivity contribution in [3.05, 3.63) is 0 Å². The highest BCUT2D eigenvalue weighted by molar-refractivity contribution is 4.96. The number of likely N-dealkylation sites (N-methyl/N-ethyl adjacent to an activating group) is 1. The molecule has 5 heteroatoms. The monoisotopic (exact) mass is 306 g/mol. The van der Waals surface area contributed by atoms with Crippen molar-refractivity contribution in [2.24, 2.45) is 11.3 Å². The van der Waals surface area contributed by atoms with Crippen molar-refractivity contribution < 1.29 is 13.2 Å². The van der Waals surface area contributed by atoms with Crippen LogP contribution in [-0.4, -0.2) is 42.8 Å². The van der Waals surface area contributed by atoms with Crippen LogP contribution in [0.2, 0.25) is 0 Å². The van der Waals surface area contributed by atoms with Gasteiger partial charge in [0.25, 0.3) is 0 Å². The Morgan fingerprint density at radius 3 is 2.57 bits per heavy atom. The summed E-state index contributed by atoms with van der Waals surface area (Å²) in [6.45, 7) is 8.45. The van der Waals surface area contributed by atoms with Crippen molar-refractivity contribution in [3.63, 3.8) is 0 Å². The number of nitrogens with zero attached hydrogens (tertiary/aromatic N) is 1. The maximum Gasteiger partial charge on any atom is 0.393 e. The molecule has 1 heterocycles. The third-order valence-electron chi connectivity index (χ3n) is 5.21. The lowest BCUT2D eigenvalue weighted by atomic mass is 9.72. The lowest BCUT2D eigenvalue weighted by Gasteiger charge is -2.48. The van der Waals surface area contributed by atoms with E-state index < -0.39 is 12.1 Å². The summed E-state index contributed by atoms with van der Waals surface area (Å²) in [5.74, 6) is -1.14. The van der Waals surface area contributed by atoms with E-state index >= 15 is 0 Å². The maximum atomic E-state index is 13.0. The topological polar surface area (TPSA) is 15.3 Å². The van der Waals surface area contributed by atoms with Crippen LogP contribution in [0.3, 0.4) is 0 Å². The van der Waals surface area contributed by atoms with Gasteiger partial charge < -0.3 is 5.32 Å². The van der Waals surface area contributed by atoms with E-state index in [-0.39, 0.29) is 18.0 Å². The van der Waals surface area contributed by atoms with Gasteiger partial charge in [-0.15, -0.1) is 0 Å². The fourth-order valence-electron chi connectivity index (χ4n) is 4.01. The molecule has 0 radical (unpaired) electrons. The van der Waals surface area contributed by atoms with E-state index in [1.807, 2.05) is 0 Å². The normalized spacial score (nSPS) is 34.9. The van der Waals surface area contributed by atoms with Crippen LogP contribution in [0, 0.1) is 11.3 Å². The summed E-state index contributed by atoms with van der Waals surface area (Å²) < 4.78 is 39.1. The number of nitrogens with one attached hydrogen (secondary N) is 1. The Labute approximate surface area is 126 Å². The lowest BCUT2D eigenvalue weighted by molar-refractivity contribution is -0.190. The quantitative estimate of drug-likeness (QED) is 0.853. The summed E-state index contributed by atoms with van der Waals surface area (Å²) in [7, 11) is 0. The van der Waals surface area contributed by atoms with Crippen LogP contribution in [0.15, 0.2) is 0 Å².